The van der Waals surface area contributed by atoms with Crippen LogP contribution in [-0.2, 0) is 0 Å². The van der Waals surface area contributed by atoms with Gasteiger partial charge in [-0.2, -0.15) is 0 Å². The Morgan fingerprint density at radius 3 is 1.51 bits per heavy atom. The van der Waals surface area contributed by atoms with Crippen molar-refractivity contribution in [1.29, 1.82) is 0 Å². The fourth-order valence-corrected chi connectivity index (χ4v) is 11.3. The van der Waals surface area contributed by atoms with Crippen LogP contribution in [0.5, 0.6) is 0 Å². The van der Waals surface area contributed by atoms with Gasteiger partial charge in [0.1, 0.15) is 0 Å². The third-order valence-electron chi connectivity index (χ3n) is 11.3. The Bertz CT molecular complexity index is 2880. The zero-order valence-electron chi connectivity index (χ0n) is 29.2. The normalized spacial score (nSPS) is 16.4. The molecule has 8 aromatic carbocycles. The fourth-order valence-electron chi connectivity index (χ4n) is 9.05. The summed E-state index contributed by atoms with van der Waals surface area (Å²) in [4.78, 5) is 4.06. The standard InChI is InChI=1S/C51H34S2/c1-31-23-27-46(52-31)51-42-21-11-9-19-40(42)49(41-20-10-12-22-43(41)51)33-25-28-45-44(29-33)35-26-24-34(30-47(35)53-45)50-38-17-7-5-15-36(38)48(32-13-3-2-4-14-32)37-16-6-8-18-39(37)50/h2-30,44-45H,1H3. The summed E-state index contributed by atoms with van der Waals surface area (Å²) in [6, 6.07) is 58.6. The predicted octanol–water partition coefficient (Wildman–Crippen LogP) is 14.9. The topological polar surface area (TPSA) is 0 Å². The molecule has 0 N–H and O–H groups in total. The molecule has 0 spiro atoms. The molecular formula is C51H34S2. The summed E-state index contributed by atoms with van der Waals surface area (Å²) in [5, 5.41) is 10.9. The maximum absolute atomic E-state index is 2.56. The van der Waals surface area contributed by atoms with Crippen LogP contribution in [0.25, 0.3) is 81.4 Å². The van der Waals surface area contributed by atoms with Gasteiger partial charge in [-0.1, -0.05) is 158 Å². The molecule has 2 atom stereocenters. The van der Waals surface area contributed by atoms with E-state index >= 15 is 0 Å². The lowest BCUT2D eigenvalue weighted by Gasteiger charge is -2.22. The second-order valence-electron chi connectivity index (χ2n) is 14.3. The van der Waals surface area contributed by atoms with Gasteiger partial charge in [-0.15, -0.1) is 23.1 Å². The van der Waals surface area contributed by atoms with Crippen molar-refractivity contribution in [2.75, 3.05) is 0 Å². The van der Waals surface area contributed by atoms with Gasteiger partial charge < -0.3 is 0 Å². The number of benzene rings is 8. The van der Waals surface area contributed by atoms with Crippen LogP contribution in [0.3, 0.4) is 0 Å². The van der Waals surface area contributed by atoms with Crippen LogP contribution in [0.4, 0.5) is 0 Å². The molecule has 0 bridgehead atoms. The van der Waals surface area contributed by atoms with E-state index in [1.165, 1.54) is 102 Å². The van der Waals surface area contributed by atoms with Gasteiger partial charge in [0.25, 0.3) is 0 Å². The second kappa shape index (κ2) is 12.2. The third kappa shape index (κ3) is 4.83. The summed E-state index contributed by atoms with van der Waals surface area (Å²) < 4.78 is 0. The van der Waals surface area contributed by atoms with Crippen LogP contribution in [-0.4, -0.2) is 5.25 Å². The first-order valence-corrected chi connectivity index (χ1v) is 20.1. The van der Waals surface area contributed by atoms with Crippen LogP contribution in [0.15, 0.2) is 181 Å². The Morgan fingerprint density at radius 2 is 0.962 bits per heavy atom. The maximum atomic E-state index is 2.56. The van der Waals surface area contributed by atoms with Crippen molar-refractivity contribution in [2.45, 2.75) is 23.0 Å². The van der Waals surface area contributed by atoms with Crippen molar-refractivity contribution in [3.05, 3.63) is 192 Å². The third-order valence-corrected chi connectivity index (χ3v) is 13.7. The number of thioether (sulfide) groups is 1. The Labute approximate surface area is 317 Å². The van der Waals surface area contributed by atoms with Gasteiger partial charge in [0.15, 0.2) is 0 Å². The van der Waals surface area contributed by atoms with E-state index in [2.05, 4.69) is 183 Å². The molecule has 0 radical (unpaired) electrons. The van der Waals surface area contributed by atoms with Crippen LogP contribution >= 0.6 is 23.1 Å². The molecule has 2 heterocycles. The van der Waals surface area contributed by atoms with Crippen molar-refractivity contribution in [1.82, 2.24) is 0 Å². The summed E-state index contributed by atoms with van der Waals surface area (Å²) in [6.45, 7) is 2.20. The lowest BCUT2D eigenvalue weighted by Crippen LogP contribution is -2.09. The van der Waals surface area contributed by atoms with E-state index in [1.807, 2.05) is 23.1 Å². The zero-order valence-corrected chi connectivity index (χ0v) is 30.8. The second-order valence-corrected chi connectivity index (χ2v) is 16.8. The minimum atomic E-state index is 0.315. The van der Waals surface area contributed by atoms with E-state index in [9.17, 15) is 0 Å². The van der Waals surface area contributed by atoms with Gasteiger partial charge in [0.2, 0.25) is 0 Å². The molecule has 11 rings (SSSR count). The highest BCUT2D eigenvalue weighted by atomic mass is 32.2. The van der Waals surface area contributed by atoms with Gasteiger partial charge >= 0.3 is 0 Å². The lowest BCUT2D eigenvalue weighted by atomic mass is 9.82. The van der Waals surface area contributed by atoms with Crippen molar-refractivity contribution in [2.24, 2.45) is 0 Å². The molecule has 1 aliphatic heterocycles. The van der Waals surface area contributed by atoms with Gasteiger partial charge in [-0.3, -0.25) is 0 Å². The highest BCUT2D eigenvalue weighted by molar-refractivity contribution is 8.00. The zero-order chi connectivity index (χ0) is 35.0. The molecule has 0 fully saturated rings. The van der Waals surface area contributed by atoms with E-state index < -0.39 is 0 Å². The first kappa shape index (κ1) is 30.9. The smallest absolute Gasteiger partial charge is 0.0381 e. The van der Waals surface area contributed by atoms with E-state index in [-0.39, 0.29) is 0 Å². The number of fused-ring (bicyclic) bond motifs is 7. The maximum Gasteiger partial charge on any atom is 0.0381 e. The Hall–Kier alpha value is -5.67. The first-order chi connectivity index (χ1) is 26.2. The van der Waals surface area contributed by atoms with E-state index in [0.717, 1.165) is 0 Å². The van der Waals surface area contributed by atoms with Gasteiger partial charge in [-0.25, -0.2) is 0 Å². The molecule has 9 aromatic rings. The number of aryl methyl sites for hydroxylation is 1. The molecular weight excluding hydrogens is 677 g/mol. The first-order valence-electron chi connectivity index (χ1n) is 18.4. The quantitative estimate of drug-likeness (QED) is 0.164. The molecule has 0 nitrogen and oxygen atoms in total. The Balaban J connectivity index is 1.07. The van der Waals surface area contributed by atoms with Crippen molar-refractivity contribution >= 4 is 71.8 Å². The van der Waals surface area contributed by atoms with Crippen LogP contribution in [0.1, 0.15) is 21.9 Å². The average Bonchev–Trinajstić information content (AvgIpc) is 3.81. The minimum absolute atomic E-state index is 0.315. The largest absolute Gasteiger partial charge is 0.141 e. The molecule has 2 heteroatoms. The Morgan fingerprint density at radius 1 is 0.453 bits per heavy atom. The van der Waals surface area contributed by atoms with Gasteiger partial charge in [-0.05, 0) is 107 Å². The summed E-state index contributed by atoms with van der Waals surface area (Å²) in [6.07, 6.45) is 7.42. The minimum Gasteiger partial charge on any atom is -0.141 e. The molecule has 0 amide bonds. The predicted molar refractivity (Wildman–Crippen MR) is 231 cm³/mol. The summed E-state index contributed by atoms with van der Waals surface area (Å²) in [7, 11) is 0. The number of hydrogen-bond acceptors (Lipinski definition) is 2. The number of allylic oxidation sites excluding steroid dienone is 3. The van der Waals surface area contributed by atoms with Gasteiger partial charge in [0.05, 0.1) is 0 Å². The fraction of sp³-hybridized carbons (Fsp3) is 0.0588. The van der Waals surface area contributed by atoms with Gasteiger partial charge in [0, 0.05) is 31.4 Å². The monoisotopic (exact) mass is 710 g/mol. The van der Waals surface area contributed by atoms with Crippen LogP contribution in [0, 0.1) is 6.92 Å². The van der Waals surface area contributed by atoms with Crippen molar-refractivity contribution in [3.8, 4) is 32.7 Å². The highest BCUT2D eigenvalue weighted by Gasteiger charge is 2.34. The van der Waals surface area contributed by atoms with Crippen LogP contribution < -0.4 is 0 Å². The Kier molecular flexibility index (Phi) is 7.12. The highest BCUT2D eigenvalue weighted by Crippen LogP contribution is 2.53. The average molecular weight is 711 g/mol. The molecule has 0 saturated carbocycles. The molecule has 0 saturated heterocycles. The molecule has 2 unspecified atom stereocenters. The molecule has 53 heavy (non-hydrogen) atoms. The van der Waals surface area contributed by atoms with Crippen molar-refractivity contribution < 1.29 is 0 Å². The summed E-state index contributed by atoms with van der Waals surface area (Å²) >= 11 is 3.90. The molecule has 2 aliphatic rings. The number of hydrogen-bond donors (Lipinski definition) is 0. The van der Waals surface area contributed by atoms with E-state index in [0.29, 0.717) is 11.2 Å². The SMILES string of the molecule is Cc1ccc(-c2c3ccccc3c(C3=CC4c5ccc(-c6c7ccccc7c(-c7ccccc7)c7ccccc67)cc5SC4C=C3)c3ccccc23)s1. The summed E-state index contributed by atoms with van der Waals surface area (Å²) in [5.74, 6) is 0.315. The lowest BCUT2D eigenvalue weighted by molar-refractivity contribution is 0.885. The molecule has 250 valence electrons. The number of rotatable bonds is 4. The van der Waals surface area contributed by atoms with E-state index in [4.69, 9.17) is 0 Å². The van der Waals surface area contributed by atoms with E-state index in [1.54, 1.807) is 0 Å². The molecule has 1 aromatic heterocycles. The molecule has 1 aliphatic carbocycles. The van der Waals surface area contributed by atoms with Crippen molar-refractivity contribution in [3.63, 3.8) is 0 Å². The number of thiophene rings is 1. The van der Waals surface area contributed by atoms with Crippen LogP contribution in [0.2, 0.25) is 0 Å². The summed E-state index contributed by atoms with van der Waals surface area (Å²) in [5.41, 5.74) is 10.6.